The van der Waals surface area contributed by atoms with Crippen LogP contribution in [0.25, 0.3) is 0 Å². The minimum absolute atomic E-state index is 0.736. The number of hydrogen-bond acceptors (Lipinski definition) is 2. The number of nitrogens with one attached hydrogen (secondary N) is 1. The molecule has 1 aliphatic rings. The van der Waals surface area contributed by atoms with E-state index in [-0.39, 0.29) is 0 Å². The molecule has 0 bridgehead atoms. The lowest BCUT2D eigenvalue weighted by atomic mass is 10.4. The largest absolute Gasteiger partial charge is 0.309 e. The predicted molar refractivity (Wildman–Crippen MR) is 61.4 cm³/mol. The van der Waals surface area contributed by atoms with Crippen molar-refractivity contribution in [3.63, 3.8) is 0 Å². The molecule has 2 atom stereocenters. The molecule has 1 aromatic rings. The molecule has 1 heterocycles. The third kappa shape index (κ3) is 2.46. The Labute approximate surface area is 95.6 Å². The lowest BCUT2D eigenvalue weighted by Crippen LogP contribution is -2.16. The van der Waals surface area contributed by atoms with Gasteiger partial charge in [0.05, 0.1) is 0 Å². The zero-order valence-corrected chi connectivity index (χ0v) is 10.5. The van der Waals surface area contributed by atoms with Crippen LogP contribution in [0.5, 0.6) is 0 Å². The average Bonchev–Trinajstić information content (AvgIpc) is 2.68. The molecule has 0 aliphatic heterocycles. The summed E-state index contributed by atoms with van der Waals surface area (Å²) in [5, 5.41) is 3.49. The lowest BCUT2D eigenvalue weighted by molar-refractivity contribution is 0.658. The quantitative estimate of drug-likeness (QED) is 0.891. The van der Waals surface area contributed by atoms with Gasteiger partial charge in [-0.15, -0.1) is 11.3 Å². The summed E-state index contributed by atoms with van der Waals surface area (Å²) < 4.78 is 1.86. The molecule has 1 aromatic heterocycles. The van der Waals surface area contributed by atoms with Gasteiger partial charge in [0, 0.05) is 21.9 Å². The van der Waals surface area contributed by atoms with Gasteiger partial charge < -0.3 is 5.32 Å². The highest BCUT2D eigenvalue weighted by Crippen LogP contribution is 2.33. The van der Waals surface area contributed by atoms with E-state index in [0.29, 0.717) is 0 Å². The van der Waals surface area contributed by atoms with Crippen molar-refractivity contribution in [2.24, 2.45) is 5.92 Å². The molecule has 0 spiro atoms. The predicted octanol–water partition coefficient (Wildman–Crippen LogP) is 3.66. The standard InChI is InChI=1S/C9H11BrClNS/c1-5-2-8(5)12-4-6-3-7(10)9(11)13-6/h3,5,8,12H,2,4H2,1H3. The first-order valence-electron chi connectivity index (χ1n) is 4.34. The molecule has 0 radical (unpaired) electrons. The molecule has 1 aliphatic carbocycles. The molecule has 1 N–H and O–H groups in total. The van der Waals surface area contributed by atoms with Gasteiger partial charge in [0.15, 0.2) is 0 Å². The van der Waals surface area contributed by atoms with Crippen LogP contribution < -0.4 is 5.32 Å². The summed E-state index contributed by atoms with van der Waals surface area (Å²) in [6.07, 6.45) is 1.32. The highest BCUT2D eigenvalue weighted by molar-refractivity contribution is 9.10. The molecular formula is C9H11BrClNS. The number of halogens is 2. The van der Waals surface area contributed by atoms with Gasteiger partial charge >= 0.3 is 0 Å². The van der Waals surface area contributed by atoms with Crippen LogP contribution in [0.4, 0.5) is 0 Å². The second-order valence-electron chi connectivity index (χ2n) is 3.53. The Hall–Kier alpha value is 0.430. The maximum absolute atomic E-state index is 5.93. The molecule has 4 heteroatoms. The van der Waals surface area contributed by atoms with Gasteiger partial charge in [-0.05, 0) is 34.3 Å². The fourth-order valence-electron chi connectivity index (χ4n) is 1.32. The van der Waals surface area contributed by atoms with E-state index in [1.807, 2.05) is 0 Å². The molecular weight excluding hydrogens is 270 g/mol. The van der Waals surface area contributed by atoms with Gasteiger partial charge in [-0.3, -0.25) is 0 Å². The Morgan fingerprint density at radius 2 is 2.46 bits per heavy atom. The van der Waals surface area contributed by atoms with E-state index in [9.17, 15) is 0 Å². The number of rotatable bonds is 3. The van der Waals surface area contributed by atoms with Crippen molar-refractivity contribution in [1.82, 2.24) is 5.32 Å². The van der Waals surface area contributed by atoms with E-state index in [1.54, 1.807) is 11.3 Å². The molecule has 1 fully saturated rings. The molecule has 0 amide bonds. The highest BCUT2D eigenvalue weighted by atomic mass is 79.9. The summed E-state index contributed by atoms with van der Waals surface area (Å²) in [4.78, 5) is 1.30. The molecule has 0 saturated heterocycles. The fraction of sp³-hybridized carbons (Fsp3) is 0.556. The van der Waals surface area contributed by atoms with Crippen molar-refractivity contribution < 1.29 is 0 Å². The van der Waals surface area contributed by atoms with Gasteiger partial charge in [0.2, 0.25) is 0 Å². The van der Waals surface area contributed by atoms with Crippen LogP contribution in [0.3, 0.4) is 0 Å². The van der Waals surface area contributed by atoms with Crippen LogP contribution in [0.1, 0.15) is 18.2 Å². The maximum atomic E-state index is 5.93. The normalized spacial score (nSPS) is 26.4. The van der Waals surface area contributed by atoms with E-state index < -0.39 is 0 Å². The fourth-order valence-corrected chi connectivity index (χ4v) is 3.06. The lowest BCUT2D eigenvalue weighted by Gasteiger charge is -1.98. The molecule has 2 rings (SSSR count). The topological polar surface area (TPSA) is 12.0 Å². The van der Waals surface area contributed by atoms with Crippen LogP contribution in [0.2, 0.25) is 4.34 Å². The minimum Gasteiger partial charge on any atom is -0.309 e. The summed E-state index contributed by atoms with van der Waals surface area (Å²) in [7, 11) is 0. The second kappa shape index (κ2) is 3.89. The molecule has 13 heavy (non-hydrogen) atoms. The van der Waals surface area contributed by atoms with Crippen LogP contribution in [-0.2, 0) is 6.54 Å². The third-order valence-corrected chi connectivity index (χ3v) is 4.82. The first-order valence-corrected chi connectivity index (χ1v) is 6.32. The zero-order valence-electron chi connectivity index (χ0n) is 7.31. The van der Waals surface area contributed by atoms with Gasteiger partial charge in [-0.1, -0.05) is 18.5 Å². The van der Waals surface area contributed by atoms with E-state index in [2.05, 4.69) is 34.2 Å². The van der Waals surface area contributed by atoms with Gasteiger partial charge in [0.1, 0.15) is 4.34 Å². The van der Waals surface area contributed by atoms with E-state index in [1.165, 1.54) is 11.3 Å². The van der Waals surface area contributed by atoms with Crippen LogP contribution in [0.15, 0.2) is 10.5 Å². The van der Waals surface area contributed by atoms with Gasteiger partial charge in [0.25, 0.3) is 0 Å². The van der Waals surface area contributed by atoms with Crippen molar-refractivity contribution in [2.45, 2.75) is 25.9 Å². The maximum Gasteiger partial charge on any atom is 0.107 e. The van der Waals surface area contributed by atoms with Gasteiger partial charge in [-0.25, -0.2) is 0 Å². The van der Waals surface area contributed by atoms with Crippen molar-refractivity contribution >= 4 is 38.9 Å². The summed E-state index contributed by atoms with van der Waals surface area (Å²) in [6, 6.07) is 2.83. The van der Waals surface area contributed by atoms with Crippen molar-refractivity contribution in [1.29, 1.82) is 0 Å². The first kappa shape index (κ1) is 9.97. The Kier molecular flexibility index (Phi) is 2.98. The van der Waals surface area contributed by atoms with Crippen molar-refractivity contribution in [3.8, 4) is 0 Å². The molecule has 1 saturated carbocycles. The monoisotopic (exact) mass is 279 g/mol. The molecule has 72 valence electrons. The second-order valence-corrected chi connectivity index (χ2v) is 6.13. The Balaban J connectivity index is 1.87. The highest BCUT2D eigenvalue weighted by Gasteiger charge is 2.31. The summed E-state index contributed by atoms with van der Waals surface area (Å²) in [5.74, 6) is 0.860. The smallest absolute Gasteiger partial charge is 0.107 e. The van der Waals surface area contributed by atoms with Crippen molar-refractivity contribution in [3.05, 3.63) is 19.8 Å². The Bertz CT molecular complexity index is 293. The molecule has 1 nitrogen and oxygen atoms in total. The van der Waals surface area contributed by atoms with Gasteiger partial charge in [-0.2, -0.15) is 0 Å². The minimum atomic E-state index is 0.736. The number of hydrogen-bond donors (Lipinski definition) is 1. The van der Waals surface area contributed by atoms with Crippen LogP contribution >= 0.6 is 38.9 Å². The van der Waals surface area contributed by atoms with Crippen molar-refractivity contribution in [2.75, 3.05) is 0 Å². The SMILES string of the molecule is CC1CC1NCc1cc(Br)c(Cl)s1. The Morgan fingerprint density at radius 3 is 2.92 bits per heavy atom. The number of thiophene rings is 1. The first-order chi connectivity index (χ1) is 6.16. The van der Waals surface area contributed by atoms with E-state index in [4.69, 9.17) is 11.6 Å². The average molecular weight is 281 g/mol. The molecule has 2 unspecified atom stereocenters. The summed E-state index contributed by atoms with van der Waals surface area (Å²) in [5.41, 5.74) is 0. The summed E-state index contributed by atoms with van der Waals surface area (Å²) >= 11 is 11.0. The van der Waals surface area contributed by atoms with E-state index >= 15 is 0 Å². The third-order valence-electron chi connectivity index (χ3n) is 2.34. The zero-order chi connectivity index (χ0) is 9.42. The van der Waals surface area contributed by atoms with Crippen LogP contribution in [0, 0.1) is 5.92 Å². The summed E-state index contributed by atoms with van der Waals surface area (Å²) in [6.45, 7) is 3.22. The van der Waals surface area contributed by atoms with Crippen LogP contribution in [-0.4, -0.2) is 6.04 Å². The molecule has 0 aromatic carbocycles. The Morgan fingerprint density at radius 1 is 1.77 bits per heavy atom. The van der Waals surface area contributed by atoms with E-state index in [0.717, 1.165) is 27.3 Å².